The van der Waals surface area contributed by atoms with Crippen molar-refractivity contribution in [2.24, 2.45) is 0 Å². The third-order valence-corrected chi connectivity index (χ3v) is 6.28. The Bertz CT molecular complexity index is 662. The van der Waals surface area contributed by atoms with E-state index < -0.39 is 38.3 Å². The number of aliphatic hydroxyl groups is 2. The number of ether oxygens (including phenoxy) is 1. The van der Waals surface area contributed by atoms with Gasteiger partial charge in [-0.25, -0.2) is 4.79 Å². The Balaban J connectivity index is 2.58. The lowest BCUT2D eigenvalue weighted by atomic mass is 10.2. The SMILES string of the molecule is Cc1cn([C@@]2([SiH2]C(C)(C)C)C[C@H](O)[C@@H](CO)O2)c(=O)[nH]c1=O. The molecule has 0 aromatic carbocycles. The number of aromatic amines is 1. The highest BCUT2D eigenvalue weighted by molar-refractivity contribution is 6.42. The predicted octanol–water partition coefficient (Wildman–Crippen LogP) is -1.02. The molecule has 8 heteroatoms. The molecule has 1 aromatic rings. The minimum Gasteiger partial charge on any atom is -0.394 e. The highest BCUT2D eigenvalue weighted by atomic mass is 28.2. The quantitative estimate of drug-likeness (QED) is 0.617. The maximum atomic E-state index is 12.3. The first-order chi connectivity index (χ1) is 10.1. The maximum Gasteiger partial charge on any atom is 0.330 e. The van der Waals surface area contributed by atoms with E-state index in [1.807, 2.05) is 0 Å². The number of rotatable bonds is 3. The van der Waals surface area contributed by atoms with E-state index in [2.05, 4.69) is 25.8 Å². The molecule has 0 saturated carbocycles. The van der Waals surface area contributed by atoms with E-state index in [0.29, 0.717) is 5.56 Å². The Morgan fingerprint density at radius 2 is 2.14 bits per heavy atom. The van der Waals surface area contributed by atoms with Crippen molar-refractivity contribution in [2.45, 2.75) is 56.7 Å². The number of nitrogens with zero attached hydrogens (tertiary/aromatic N) is 1. The highest BCUT2D eigenvalue weighted by Crippen LogP contribution is 2.39. The number of aliphatic hydroxyl groups excluding tert-OH is 2. The topological polar surface area (TPSA) is 105 Å². The summed E-state index contributed by atoms with van der Waals surface area (Å²) >= 11 is 0. The molecule has 0 aliphatic carbocycles. The lowest BCUT2D eigenvalue weighted by Crippen LogP contribution is -2.50. The van der Waals surface area contributed by atoms with Crippen LogP contribution >= 0.6 is 0 Å². The second-order valence-electron chi connectivity index (χ2n) is 7.24. The molecule has 22 heavy (non-hydrogen) atoms. The van der Waals surface area contributed by atoms with Crippen molar-refractivity contribution in [3.63, 3.8) is 0 Å². The van der Waals surface area contributed by atoms with Crippen LogP contribution in [0.1, 0.15) is 32.8 Å². The summed E-state index contributed by atoms with van der Waals surface area (Å²) in [4.78, 5) is 26.2. The third kappa shape index (κ3) is 3.24. The minimum absolute atomic E-state index is 0.0481. The smallest absolute Gasteiger partial charge is 0.330 e. The van der Waals surface area contributed by atoms with Crippen molar-refractivity contribution in [3.05, 3.63) is 32.6 Å². The largest absolute Gasteiger partial charge is 0.394 e. The van der Waals surface area contributed by atoms with Crippen LogP contribution in [-0.2, 0) is 10.1 Å². The highest BCUT2D eigenvalue weighted by Gasteiger charge is 2.49. The van der Waals surface area contributed by atoms with Crippen LogP contribution in [0, 0.1) is 6.92 Å². The van der Waals surface area contributed by atoms with Crippen molar-refractivity contribution in [1.82, 2.24) is 9.55 Å². The second kappa shape index (κ2) is 5.77. The molecule has 1 aliphatic heterocycles. The summed E-state index contributed by atoms with van der Waals surface area (Å²) in [7, 11) is -1.05. The summed E-state index contributed by atoms with van der Waals surface area (Å²) in [6, 6.07) is 0. The van der Waals surface area contributed by atoms with E-state index in [0.717, 1.165) is 0 Å². The summed E-state index contributed by atoms with van der Waals surface area (Å²) < 4.78 is 7.35. The first kappa shape index (κ1) is 17.1. The normalized spacial score (nSPS) is 29.5. The Morgan fingerprint density at radius 3 is 2.64 bits per heavy atom. The van der Waals surface area contributed by atoms with E-state index in [4.69, 9.17) is 4.74 Å². The molecule has 7 nitrogen and oxygen atoms in total. The average molecular weight is 328 g/mol. The molecule has 1 aliphatic rings. The van der Waals surface area contributed by atoms with E-state index in [1.54, 1.807) is 6.92 Å². The average Bonchev–Trinajstić information content (AvgIpc) is 2.68. The van der Waals surface area contributed by atoms with Crippen LogP contribution in [-0.4, -0.2) is 48.1 Å². The minimum atomic E-state index is -1.05. The monoisotopic (exact) mass is 328 g/mol. The van der Waals surface area contributed by atoms with Gasteiger partial charge in [0.25, 0.3) is 5.56 Å². The van der Waals surface area contributed by atoms with Crippen LogP contribution in [0.2, 0.25) is 5.04 Å². The van der Waals surface area contributed by atoms with E-state index in [9.17, 15) is 19.8 Å². The zero-order chi connectivity index (χ0) is 16.7. The Kier molecular flexibility index (Phi) is 4.49. The third-order valence-electron chi connectivity index (χ3n) is 3.87. The van der Waals surface area contributed by atoms with E-state index in [1.165, 1.54) is 10.8 Å². The Labute approximate surface area is 130 Å². The van der Waals surface area contributed by atoms with Crippen molar-refractivity contribution < 1.29 is 14.9 Å². The lowest BCUT2D eigenvalue weighted by molar-refractivity contribution is -0.0729. The fourth-order valence-electron chi connectivity index (χ4n) is 3.08. The molecule has 0 spiro atoms. The van der Waals surface area contributed by atoms with Gasteiger partial charge in [-0.15, -0.1) is 0 Å². The summed E-state index contributed by atoms with van der Waals surface area (Å²) in [5, 5.41) is 18.5. The summed E-state index contributed by atoms with van der Waals surface area (Å²) in [5.41, 5.74) is -0.559. The molecule has 1 aromatic heterocycles. The van der Waals surface area contributed by atoms with Gasteiger partial charge in [-0.1, -0.05) is 20.8 Å². The predicted molar refractivity (Wildman–Crippen MR) is 84.9 cm³/mol. The van der Waals surface area contributed by atoms with Crippen molar-refractivity contribution in [1.29, 1.82) is 0 Å². The zero-order valence-electron chi connectivity index (χ0n) is 13.4. The summed E-state index contributed by atoms with van der Waals surface area (Å²) in [6.45, 7) is 7.50. The summed E-state index contributed by atoms with van der Waals surface area (Å²) in [5.74, 6) is 0. The number of aryl methyl sites for hydroxylation is 1. The van der Waals surface area contributed by atoms with Crippen LogP contribution in [0.4, 0.5) is 0 Å². The van der Waals surface area contributed by atoms with E-state index in [-0.39, 0.29) is 18.1 Å². The van der Waals surface area contributed by atoms with Gasteiger partial charge in [-0.05, 0) is 12.0 Å². The molecule has 0 radical (unpaired) electrons. The van der Waals surface area contributed by atoms with Gasteiger partial charge in [0.15, 0.2) is 0 Å². The molecule has 0 bridgehead atoms. The fraction of sp³-hybridized carbons (Fsp3) is 0.714. The molecule has 0 unspecified atom stereocenters. The van der Waals surface area contributed by atoms with Gasteiger partial charge in [0.05, 0.1) is 22.2 Å². The van der Waals surface area contributed by atoms with Gasteiger partial charge < -0.3 is 14.9 Å². The fourth-order valence-corrected chi connectivity index (χ4v) is 5.88. The molecule has 2 heterocycles. The number of nitrogens with one attached hydrogen (secondary N) is 1. The first-order valence-corrected chi connectivity index (χ1v) is 8.79. The maximum absolute atomic E-state index is 12.3. The number of hydrogen-bond donors (Lipinski definition) is 3. The second-order valence-corrected chi connectivity index (χ2v) is 10.8. The molecule has 3 N–H and O–H groups in total. The van der Waals surface area contributed by atoms with Crippen molar-refractivity contribution in [2.75, 3.05) is 6.61 Å². The molecular formula is C14H24N2O5Si. The van der Waals surface area contributed by atoms with Gasteiger partial charge in [0, 0.05) is 18.2 Å². The van der Waals surface area contributed by atoms with Crippen LogP contribution in [0.15, 0.2) is 15.8 Å². The molecule has 1 fully saturated rings. The van der Waals surface area contributed by atoms with Gasteiger partial charge in [0.2, 0.25) is 0 Å². The van der Waals surface area contributed by atoms with Crippen LogP contribution in [0.3, 0.4) is 0 Å². The van der Waals surface area contributed by atoms with Crippen LogP contribution < -0.4 is 11.2 Å². The Hall–Kier alpha value is -1.22. The van der Waals surface area contributed by atoms with Crippen LogP contribution in [0.5, 0.6) is 0 Å². The molecular weight excluding hydrogens is 304 g/mol. The standard InChI is InChI=1S/C14H24N2O5Si/c1-8-6-16(12(20)15-11(8)19)14(22-13(2,3)4)5-9(18)10(7-17)21-14/h6,9-10,17-18H,5,7,22H2,1-4H3,(H,15,19,20)/t9-,10+,14-/m0/s1. The lowest BCUT2D eigenvalue weighted by Gasteiger charge is -2.36. The van der Waals surface area contributed by atoms with Crippen LogP contribution in [0.25, 0.3) is 0 Å². The number of hydrogen-bond acceptors (Lipinski definition) is 5. The van der Waals surface area contributed by atoms with Gasteiger partial charge in [0.1, 0.15) is 11.5 Å². The van der Waals surface area contributed by atoms with Crippen molar-refractivity contribution >= 4 is 9.52 Å². The van der Waals surface area contributed by atoms with Crippen molar-refractivity contribution in [3.8, 4) is 0 Å². The van der Waals surface area contributed by atoms with Gasteiger partial charge >= 0.3 is 5.69 Å². The zero-order valence-corrected chi connectivity index (χ0v) is 14.8. The molecule has 3 atom stereocenters. The number of H-pyrrole nitrogens is 1. The first-order valence-electron chi connectivity index (χ1n) is 7.38. The molecule has 0 amide bonds. The number of aromatic nitrogens is 2. The van der Waals surface area contributed by atoms with E-state index >= 15 is 0 Å². The molecule has 2 rings (SSSR count). The van der Waals surface area contributed by atoms with Gasteiger partial charge in [-0.2, -0.15) is 0 Å². The molecule has 1 saturated heterocycles. The summed E-state index contributed by atoms with van der Waals surface area (Å²) in [6.07, 6.45) is 0.187. The Morgan fingerprint density at radius 1 is 1.50 bits per heavy atom. The van der Waals surface area contributed by atoms with Gasteiger partial charge in [-0.3, -0.25) is 14.3 Å². The molecule has 124 valence electrons.